The van der Waals surface area contributed by atoms with Crippen LogP contribution in [-0.4, -0.2) is 21.9 Å². The van der Waals surface area contributed by atoms with Gasteiger partial charge < -0.3 is 19.8 Å². The molecule has 2 aromatic rings. The number of nitrogens with zero attached hydrogens (tertiary/aromatic N) is 2. The van der Waals surface area contributed by atoms with Crippen molar-refractivity contribution in [2.75, 3.05) is 6.61 Å². The van der Waals surface area contributed by atoms with Gasteiger partial charge in [0.15, 0.2) is 5.82 Å². The van der Waals surface area contributed by atoms with E-state index in [2.05, 4.69) is 10.1 Å². The van der Waals surface area contributed by atoms with E-state index in [0.29, 0.717) is 11.5 Å². The van der Waals surface area contributed by atoms with Gasteiger partial charge in [-0.15, -0.1) is 0 Å². The topological polar surface area (TPSA) is 98.3 Å². The van der Waals surface area contributed by atoms with Gasteiger partial charge in [0.1, 0.15) is 6.26 Å². The quantitative estimate of drug-likeness (QED) is 0.731. The zero-order valence-electron chi connectivity index (χ0n) is 7.25. The Kier molecular flexibility index (Phi) is 2.30. The van der Waals surface area contributed by atoms with Gasteiger partial charge in [-0.25, -0.2) is 0 Å². The van der Waals surface area contributed by atoms with Crippen molar-refractivity contribution in [1.82, 2.24) is 10.1 Å². The molecular formula is C8H9N3O3. The minimum atomic E-state index is -0.612. The molecule has 0 spiro atoms. The summed E-state index contributed by atoms with van der Waals surface area (Å²) in [6, 6.07) is 1.08. The van der Waals surface area contributed by atoms with E-state index in [1.807, 2.05) is 0 Å². The molecule has 2 aromatic heterocycles. The normalized spacial score (nSPS) is 13.0. The van der Waals surface area contributed by atoms with Gasteiger partial charge in [0.25, 0.3) is 5.89 Å². The zero-order chi connectivity index (χ0) is 9.97. The van der Waals surface area contributed by atoms with Crippen LogP contribution in [-0.2, 0) is 0 Å². The monoisotopic (exact) mass is 195 g/mol. The van der Waals surface area contributed by atoms with Crippen molar-refractivity contribution in [1.29, 1.82) is 0 Å². The summed E-state index contributed by atoms with van der Waals surface area (Å²) in [5, 5.41) is 12.4. The molecule has 14 heavy (non-hydrogen) atoms. The molecule has 0 fully saturated rings. The van der Waals surface area contributed by atoms with Crippen molar-refractivity contribution in [2.45, 2.75) is 6.04 Å². The molecule has 0 aliphatic heterocycles. The van der Waals surface area contributed by atoms with Crippen molar-refractivity contribution in [3.05, 3.63) is 24.4 Å². The number of aliphatic hydroxyl groups excluding tert-OH is 1. The number of aliphatic hydroxyl groups is 1. The first-order chi connectivity index (χ1) is 6.81. The third kappa shape index (κ3) is 1.52. The Hall–Kier alpha value is -1.66. The molecular weight excluding hydrogens is 186 g/mol. The molecule has 0 amide bonds. The van der Waals surface area contributed by atoms with Gasteiger partial charge in [0, 0.05) is 0 Å². The third-order valence-electron chi connectivity index (χ3n) is 1.74. The van der Waals surface area contributed by atoms with Gasteiger partial charge in [0.05, 0.1) is 24.5 Å². The summed E-state index contributed by atoms with van der Waals surface area (Å²) in [6.45, 7) is -0.218. The van der Waals surface area contributed by atoms with Crippen molar-refractivity contribution in [3.8, 4) is 11.5 Å². The molecule has 0 radical (unpaired) electrons. The summed E-state index contributed by atoms with van der Waals surface area (Å²) in [5.74, 6) is 0.612. The smallest absolute Gasteiger partial charge is 0.261 e. The van der Waals surface area contributed by atoms with Crippen LogP contribution in [0, 0.1) is 0 Å². The van der Waals surface area contributed by atoms with Crippen LogP contribution in [0.4, 0.5) is 0 Å². The zero-order valence-corrected chi connectivity index (χ0v) is 7.25. The third-order valence-corrected chi connectivity index (χ3v) is 1.74. The van der Waals surface area contributed by atoms with Crippen LogP contribution in [0.15, 0.2) is 27.5 Å². The lowest BCUT2D eigenvalue weighted by molar-refractivity contribution is 0.260. The van der Waals surface area contributed by atoms with E-state index in [4.69, 9.17) is 19.8 Å². The van der Waals surface area contributed by atoms with Gasteiger partial charge in [-0.1, -0.05) is 5.16 Å². The van der Waals surface area contributed by atoms with Gasteiger partial charge in [-0.3, -0.25) is 0 Å². The van der Waals surface area contributed by atoms with Crippen LogP contribution in [0.25, 0.3) is 11.5 Å². The van der Waals surface area contributed by atoms with Crippen LogP contribution in [0.2, 0.25) is 0 Å². The number of rotatable bonds is 3. The number of nitrogens with two attached hydrogens (primary N) is 1. The fourth-order valence-corrected chi connectivity index (χ4v) is 0.971. The maximum atomic E-state index is 8.76. The van der Waals surface area contributed by atoms with E-state index < -0.39 is 6.04 Å². The maximum absolute atomic E-state index is 8.76. The SMILES string of the molecule is NC(CO)c1noc(-c2ccoc2)n1. The molecule has 0 saturated heterocycles. The summed E-state index contributed by atoms with van der Waals surface area (Å²) < 4.78 is 9.78. The fraction of sp³-hybridized carbons (Fsp3) is 0.250. The van der Waals surface area contributed by atoms with Gasteiger partial charge >= 0.3 is 0 Å². The highest BCUT2D eigenvalue weighted by Crippen LogP contribution is 2.18. The lowest BCUT2D eigenvalue weighted by Crippen LogP contribution is -2.15. The molecule has 0 saturated carbocycles. The average Bonchev–Trinajstić information content (AvgIpc) is 2.86. The largest absolute Gasteiger partial charge is 0.472 e. The molecule has 0 aromatic carbocycles. The fourth-order valence-electron chi connectivity index (χ4n) is 0.971. The Morgan fingerprint density at radius 3 is 3.07 bits per heavy atom. The molecule has 6 nitrogen and oxygen atoms in total. The standard InChI is InChI=1S/C8H9N3O3/c9-6(3-12)7-10-8(14-11-7)5-1-2-13-4-5/h1-2,4,6,12H,3,9H2. The number of aromatic nitrogens is 2. The van der Waals surface area contributed by atoms with Crippen LogP contribution >= 0.6 is 0 Å². The second-order valence-corrected chi connectivity index (χ2v) is 2.76. The first-order valence-corrected chi connectivity index (χ1v) is 4.04. The predicted molar refractivity (Wildman–Crippen MR) is 46.0 cm³/mol. The van der Waals surface area contributed by atoms with Crippen LogP contribution < -0.4 is 5.73 Å². The van der Waals surface area contributed by atoms with Gasteiger partial charge in [0.2, 0.25) is 0 Å². The summed E-state index contributed by atoms with van der Waals surface area (Å²) in [7, 11) is 0. The number of hydrogen-bond acceptors (Lipinski definition) is 6. The van der Waals surface area contributed by atoms with E-state index in [1.54, 1.807) is 6.07 Å². The maximum Gasteiger partial charge on any atom is 0.261 e. The summed E-state index contributed by atoms with van der Waals surface area (Å²) in [5.41, 5.74) is 6.19. The van der Waals surface area contributed by atoms with Crippen LogP contribution in [0.5, 0.6) is 0 Å². The minimum absolute atomic E-state index is 0.218. The number of hydrogen-bond donors (Lipinski definition) is 2. The second kappa shape index (κ2) is 3.60. The molecule has 0 aliphatic rings. The first-order valence-electron chi connectivity index (χ1n) is 4.04. The number of furan rings is 1. The highest BCUT2D eigenvalue weighted by Gasteiger charge is 2.14. The van der Waals surface area contributed by atoms with Crippen molar-refractivity contribution in [3.63, 3.8) is 0 Å². The molecule has 2 rings (SSSR count). The van der Waals surface area contributed by atoms with Crippen molar-refractivity contribution >= 4 is 0 Å². The van der Waals surface area contributed by atoms with Crippen molar-refractivity contribution in [2.24, 2.45) is 5.73 Å². The molecule has 3 N–H and O–H groups in total. The van der Waals surface area contributed by atoms with E-state index in [-0.39, 0.29) is 12.4 Å². The Bertz CT molecular complexity index is 396. The summed E-state index contributed by atoms with van der Waals surface area (Å²) in [6.07, 6.45) is 2.99. The summed E-state index contributed by atoms with van der Waals surface area (Å²) >= 11 is 0. The van der Waals surface area contributed by atoms with Crippen molar-refractivity contribution < 1.29 is 14.0 Å². The molecule has 1 unspecified atom stereocenters. The summed E-state index contributed by atoms with van der Waals surface area (Å²) in [4.78, 5) is 4.00. The lowest BCUT2D eigenvalue weighted by Gasteiger charge is -1.98. The Balaban J connectivity index is 2.26. The van der Waals surface area contributed by atoms with Gasteiger partial charge in [-0.05, 0) is 6.07 Å². The minimum Gasteiger partial charge on any atom is -0.472 e. The second-order valence-electron chi connectivity index (χ2n) is 2.76. The van der Waals surface area contributed by atoms with E-state index in [0.717, 1.165) is 0 Å². The average molecular weight is 195 g/mol. The molecule has 1 atom stereocenters. The predicted octanol–water partition coefficient (Wildman–Crippen LogP) is 0.322. The lowest BCUT2D eigenvalue weighted by atomic mass is 10.3. The molecule has 6 heteroatoms. The first kappa shape index (κ1) is 8.92. The van der Waals surface area contributed by atoms with E-state index in [9.17, 15) is 0 Å². The highest BCUT2D eigenvalue weighted by molar-refractivity contribution is 5.49. The Morgan fingerprint density at radius 2 is 2.43 bits per heavy atom. The van der Waals surface area contributed by atoms with E-state index >= 15 is 0 Å². The highest BCUT2D eigenvalue weighted by atomic mass is 16.5. The van der Waals surface area contributed by atoms with E-state index in [1.165, 1.54) is 12.5 Å². The molecule has 2 heterocycles. The van der Waals surface area contributed by atoms with Crippen LogP contribution in [0.1, 0.15) is 11.9 Å². The van der Waals surface area contributed by atoms with Crippen LogP contribution in [0.3, 0.4) is 0 Å². The van der Waals surface area contributed by atoms with Gasteiger partial charge in [-0.2, -0.15) is 4.98 Å². The Labute approximate surface area is 79.3 Å². The molecule has 0 aliphatic carbocycles. The molecule has 0 bridgehead atoms. The Morgan fingerprint density at radius 1 is 1.57 bits per heavy atom. The molecule has 74 valence electrons.